The van der Waals surface area contributed by atoms with E-state index >= 15 is 0 Å². The largest absolute Gasteiger partial charge is 0.497 e. The maximum Gasteiger partial charge on any atom is 0.231 e. The third-order valence-electron chi connectivity index (χ3n) is 6.00. The summed E-state index contributed by atoms with van der Waals surface area (Å²) in [6.45, 7) is 1.71. The van der Waals surface area contributed by atoms with Crippen molar-refractivity contribution in [2.45, 2.75) is 13.3 Å². The van der Waals surface area contributed by atoms with Gasteiger partial charge >= 0.3 is 0 Å². The fourth-order valence-corrected chi connectivity index (χ4v) is 4.17. The Morgan fingerprint density at radius 1 is 1.03 bits per heavy atom. The van der Waals surface area contributed by atoms with Crippen molar-refractivity contribution in [3.8, 4) is 34.1 Å². The van der Waals surface area contributed by atoms with Gasteiger partial charge in [0.15, 0.2) is 5.75 Å². The predicted octanol–water partition coefficient (Wildman–Crippen LogP) is 5.03. The van der Waals surface area contributed by atoms with Gasteiger partial charge in [0.1, 0.15) is 23.9 Å². The van der Waals surface area contributed by atoms with Crippen LogP contribution in [-0.2, 0) is 16.0 Å². The summed E-state index contributed by atoms with van der Waals surface area (Å²) in [5, 5.41) is 12.6. The van der Waals surface area contributed by atoms with Gasteiger partial charge in [-0.05, 0) is 60.0 Å². The number of amides is 2. The number of aromatic amines is 1. The number of carbonyl (C=O) groups is 2. The Labute approximate surface area is 213 Å². The van der Waals surface area contributed by atoms with Crippen LogP contribution in [0.3, 0.4) is 0 Å². The van der Waals surface area contributed by atoms with Gasteiger partial charge in [-0.25, -0.2) is 0 Å². The number of carbonyl (C=O) groups excluding carboxylic acids is 2. The van der Waals surface area contributed by atoms with Crippen LogP contribution in [0.15, 0.2) is 73.1 Å². The quantitative estimate of drug-likeness (QED) is 0.329. The second-order valence-electron chi connectivity index (χ2n) is 8.68. The number of fused-ring (bicyclic) bond motifs is 1. The van der Waals surface area contributed by atoms with Crippen molar-refractivity contribution >= 4 is 23.2 Å². The van der Waals surface area contributed by atoms with Gasteiger partial charge in [-0.2, -0.15) is 5.10 Å². The summed E-state index contributed by atoms with van der Waals surface area (Å²) in [7, 11) is 1.61. The summed E-state index contributed by atoms with van der Waals surface area (Å²) in [5.41, 5.74) is 3.78. The molecule has 37 heavy (non-hydrogen) atoms. The number of anilines is 2. The molecule has 0 radical (unpaired) electrons. The summed E-state index contributed by atoms with van der Waals surface area (Å²) in [5.74, 6) is 1.69. The number of aromatic nitrogens is 2. The van der Waals surface area contributed by atoms with E-state index in [4.69, 9.17) is 14.2 Å². The van der Waals surface area contributed by atoms with Crippen LogP contribution in [0.25, 0.3) is 11.1 Å². The molecule has 0 unspecified atom stereocenters. The van der Waals surface area contributed by atoms with E-state index in [9.17, 15) is 9.59 Å². The monoisotopic (exact) mass is 498 g/mol. The molecule has 1 atom stereocenters. The Balaban J connectivity index is 1.40. The molecule has 188 valence electrons. The summed E-state index contributed by atoms with van der Waals surface area (Å²) in [6, 6.07) is 18.2. The van der Waals surface area contributed by atoms with Crippen molar-refractivity contribution < 1.29 is 23.8 Å². The predicted molar refractivity (Wildman–Crippen MR) is 139 cm³/mol. The summed E-state index contributed by atoms with van der Waals surface area (Å²) in [6.07, 6.45) is 4.01. The van der Waals surface area contributed by atoms with Crippen LogP contribution >= 0.6 is 0 Å². The van der Waals surface area contributed by atoms with Crippen molar-refractivity contribution in [2.24, 2.45) is 5.92 Å². The SMILES string of the molecule is COc1ccc2c(c1)C[C@H](C(=O)Nc1ccc(-c3cn[nH]c3)cc1Oc1cccc(NC(C)=O)c1)CO2. The van der Waals surface area contributed by atoms with Gasteiger partial charge in [-0.15, -0.1) is 0 Å². The van der Waals surface area contributed by atoms with Crippen molar-refractivity contribution in [2.75, 3.05) is 24.4 Å². The molecule has 0 saturated carbocycles. The Morgan fingerprint density at radius 2 is 1.92 bits per heavy atom. The number of methoxy groups -OCH3 is 1. The minimum Gasteiger partial charge on any atom is -0.497 e. The van der Waals surface area contributed by atoms with Gasteiger partial charge in [-0.1, -0.05) is 12.1 Å². The lowest BCUT2D eigenvalue weighted by Gasteiger charge is -2.25. The van der Waals surface area contributed by atoms with Crippen LogP contribution in [-0.4, -0.2) is 35.7 Å². The summed E-state index contributed by atoms with van der Waals surface area (Å²) >= 11 is 0. The highest BCUT2D eigenvalue weighted by atomic mass is 16.5. The molecule has 1 aliphatic heterocycles. The highest BCUT2D eigenvalue weighted by Crippen LogP contribution is 2.36. The number of nitrogens with one attached hydrogen (secondary N) is 3. The van der Waals surface area contributed by atoms with Gasteiger partial charge in [0.2, 0.25) is 11.8 Å². The second-order valence-corrected chi connectivity index (χ2v) is 8.68. The first-order valence-electron chi connectivity index (χ1n) is 11.8. The molecule has 1 aliphatic rings. The maximum absolute atomic E-state index is 13.3. The van der Waals surface area contributed by atoms with E-state index in [0.717, 1.165) is 28.2 Å². The first kappa shape index (κ1) is 23.9. The molecule has 1 aromatic heterocycles. The molecule has 2 heterocycles. The number of H-pyrrole nitrogens is 1. The second kappa shape index (κ2) is 10.4. The van der Waals surface area contributed by atoms with E-state index in [-0.39, 0.29) is 24.3 Å². The Hall–Kier alpha value is -4.79. The standard InChI is InChI=1S/C28H26N4O5/c1-17(33)31-22-4-3-5-24(13-22)37-27-12-18(21-14-29-30-15-21)6-8-25(27)32-28(34)20-10-19-11-23(35-2)7-9-26(19)36-16-20/h3-9,11-15,20H,10,16H2,1-2H3,(H,29,30)(H,31,33)(H,32,34)/t20-/m0/s1. The zero-order chi connectivity index (χ0) is 25.8. The first-order valence-corrected chi connectivity index (χ1v) is 11.8. The molecule has 0 bridgehead atoms. The van der Waals surface area contributed by atoms with Gasteiger partial charge in [0, 0.05) is 30.4 Å². The lowest BCUT2D eigenvalue weighted by Crippen LogP contribution is -2.32. The lowest BCUT2D eigenvalue weighted by atomic mass is 9.95. The highest BCUT2D eigenvalue weighted by Gasteiger charge is 2.27. The molecule has 0 spiro atoms. The molecule has 9 nitrogen and oxygen atoms in total. The number of hydrogen-bond acceptors (Lipinski definition) is 6. The Morgan fingerprint density at radius 3 is 2.70 bits per heavy atom. The van der Waals surface area contributed by atoms with Crippen molar-refractivity contribution in [1.29, 1.82) is 0 Å². The molecule has 2 amide bonds. The smallest absolute Gasteiger partial charge is 0.231 e. The number of benzene rings is 3. The lowest BCUT2D eigenvalue weighted by molar-refractivity contribution is -0.121. The number of rotatable bonds is 7. The van der Waals surface area contributed by atoms with Gasteiger partial charge in [-0.3, -0.25) is 14.7 Å². The van der Waals surface area contributed by atoms with Crippen LogP contribution in [0.2, 0.25) is 0 Å². The van der Waals surface area contributed by atoms with Crippen molar-refractivity contribution in [3.63, 3.8) is 0 Å². The third-order valence-corrected chi connectivity index (χ3v) is 6.00. The van der Waals surface area contributed by atoms with Gasteiger partial charge < -0.3 is 24.8 Å². The molecule has 0 fully saturated rings. The molecule has 9 heteroatoms. The molecule has 4 aromatic rings. The topological polar surface area (TPSA) is 115 Å². The zero-order valence-corrected chi connectivity index (χ0v) is 20.4. The van der Waals surface area contributed by atoms with E-state index in [1.165, 1.54) is 6.92 Å². The van der Waals surface area contributed by atoms with Crippen LogP contribution in [0.1, 0.15) is 12.5 Å². The minimum absolute atomic E-state index is 0.179. The Bertz CT molecular complexity index is 1430. The number of ether oxygens (including phenoxy) is 3. The first-order chi connectivity index (χ1) is 18.0. The summed E-state index contributed by atoms with van der Waals surface area (Å²) in [4.78, 5) is 24.8. The van der Waals surface area contributed by atoms with E-state index in [2.05, 4.69) is 20.8 Å². The van der Waals surface area contributed by atoms with E-state index < -0.39 is 0 Å². The molecule has 5 rings (SSSR count). The average Bonchev–Trinajstić information content (AvgIpc) is 3.44. The molecule has 3 N–H and O–H groups in total. The molecule has 0 aliphatic carbocycles. The third kappa shape index (κ3) is 5.56. The molecular weight excluding hydrogens is 472 g/mol. The zero-order valence-electron chi connectivity index (χ0n) is 20.4. The molecular formula is C28H26N4O5. The molecule has 3 aromatic carbocycles. The highest BCUT2D eigenvalue weighted by molar-refractivity contribution is 5.95. The number of nitrogens with zero attached hydrogens (tertiary/aromatic N) is 1. The Kier molecular flexibility index (Phi) is 6.76. The van der Waals surface area contributed by atoms with E-state index in [0.29, 0.717) is 29.3 Å². The van der Waals surface area contributed by atoms with Gasteiger partial charge in [0.25, 0.3) is 0 Å². The average molecular weight is 499 g/mol. The maximum atomic E-state index is 13.3. The fraction of sp³-hybridized carbons (Fsp3) is 0.179. The minimum atomic E-state index is -0.385. The summed E-state index contributed by atoms with van der Waals surface area (Å²) < 4.78 is 17.4. The van der Waals surface area contributed by atoms with Crippen LogP contribution < -0.4 is 24.8 Å². The van der Waals surface area contributed by atoms with Crippen LogP contribution in [0, 0.1) is 5.92 Å². The molecule has 0 saturated heterocycles. The number of hydrogen-bond donors (Lipinski definition) is 3. The van der Waals surface area contributed by atoms with Crippen molar-refractivity contribution in [3.05, 3.63) is 78.6 Å². The van der Waals surface area contributed by atoms with Crippen LogP contribution in [0.5, 0.6) is 23.0 Å². The van der Waals surface area contributed by atoms with Crippen molar-refractivity contribution in [1.82, 2.24) is 10.2 Å². The normalized spacial score (nSPS) is 14.2. The van der Waals surface area contributed by atoms with Gasteiger partial charge in [0.05, 0.1) is 24.9 Å². The van der Waals surface area contributed by atoms with Crippen LogP contribution in [0.4, 0.5) is 11.4 Å². The van der Waals surface area contributed by atoms with E-state index in [1.807, 2.05) is 30.3 Å². The fourth-order valence-electron chi connectivity index (χ4n) is 4.17. The van der Waals surface area contributed by atoms with E-state index in [1.54, 1.807) is 49.8 Å².